The van der Waals surface area contributed by atoms with E-state index >= 15 is 0 Å². The number of benzene rings is 1. The molecule has 0 spiro atoms. The molecule has 0 radical (unpaired) electrons. The molecule has 3 nitrogen and oxygen atoms in total. The van der Waals surface area contributed by atoms with Crippen LogP contribution in [0.4, 0.5) is 0 Å². The zero-order valence-electron chi connectivity index (χ0n) is 7.67. The summed E-state index contributed by atoms with van der Waals surface area (Å²) in [5.41, 5.74) is 9.24. The van der Waals surface area contributed by atoms with Gasteiger partial charge in [-0.25, -0.2) is 0 Å². The van der Waals surface area contributed by atoms with E-state index in [1.165, 1.54) is 11.1 Å². The number of aryl methyl sites for hydroxylation is 1. The molecule has 1 aromatic heterocycles. The Hall–Kier alpha value is -1.35. The first-order valence-electron chi connectivity index (χ1n) is 4.50. The van der Waals surface area contributed by atoms with Crippen LogP contribution in [0.5, 0.6) is 0 Å². The van der Waals surface area contributed by atoms with E-state index < -0.39 is 0 Å². The first-order chi connectivity index (χ1) is 6.35. The predicted octanol–water partition coefficient (Wildman–Crippen LogP) is 1.58. The van der Waals surface area contributed by atoms with Gasteiger partial charge in [-0.3, -0.25) is 5.10 Å². The van der Waals surface area contributed by atoms with Crippen molar-refractivity contribution in [2.24, 2.45) is 5.73 Å². The summed E-state index contributed by atoms with van der Waals surface area (Å²) >= 11 is 0. The largest absolute Gasteiger partial charge is 0.326 e. The van der Waals surface area contributed by atoms with Crippen molar-refractivity contribution >= 4 is 10.9 Å². The standard InChI is InChI=1S/C10H13N3/c1-2-7-3-9-6-12-13-10(9)4-8(7)5-11/h3-4,6H,2,5,11H2,1H3,(H,12,13). The molecule has 0 amide bonds. The number of rotatable bonds is 2. The number of hydrogen-bond donors (Lipinski definition) is 2. The van der Waals surface area contributed by atoms with Crippen molar-refractivity contribution < 1.29 is 0 Å². The highest BCUT2D eigenvalue weighted by atomic mass is 15.1. The Balaban J connectivity index is 2.67. The number of aromatic nitrogens is 2. The number of nitrogens with one attached hydrogen (secondary N) is 1. The van der Waals surface area contributed by atoms with Crippen LogP contribution in [0.1, 0.15) is 18.1 Å². The first-order valence-corrected chi connectivity index (χ1v) is 4.50. The summed E-state index contributed by atoms with van der Waals surface area (Å²) in [7, 11) is 0. The van der Waals surface area contributed by atoms with Crippen LogP contribution in [0.25, 0.3) is 10.9 Å². The van der Waals surface area contributed by atoms with Crippen LogP contribution in [0.3, 0.4) is 0 Å². The second kappa shape index (κ2) is 3.18. The average Bonchev–Trinajstić information content (AvgIpc) is 2.62. The lowest BCUT2D eigenvalue weighted by atomic mass is 10.0. The molecule has 0 bridgehead atoms. The van der Waals surface area contributed by atoms with Crippen LogP contribution in [0.15, 0.2) is 18.3 Å². The van der Waals surface area contributed by atoms with E-state index in [-0.39, 0.29) is 0 Å². The minimum atomic E-state index is 0.595. The molecule has 3 N–H and O–H groups in total. The fourth-order valence-electron chi connectivity index (χ4n) is 1.60. The number of hydrogen-bond acceptors (Lipinski definition) is 2. The van der Waals surface area contributed by atoms with E-state index in [9.17, 15) is 0 Å². The summed E-state index contributed by atoms with van der Waals surface area (Å²) in [6.45, 7) is 2.73. The summed E-state index contributed by atoms with van der Waals surface area (Å²) in [4.78, 5) is 0. The number of H-pyrrole nitrogens is 1. The van der Waals surface area contributed by atoms with Gasteiger partial charge in [-0.05, 0) is 29.7 Å². The van der Waals surface area contributed by atoms with Gasteiger partial charge in [-0.1, -0.05) is 6.92 Å². The zero-order valence-corrected chi connectivity index (χ0v) is 7.67. The third kappa shape index (κ3) is 1.31. The van der Waals surface area contributed by atoms with E-state index in [2.05, 4.69) is 29.3 Å². The summed E-state index contributed by atoms with van der Waals surface area (Å²) in [5.74, 6) is 0. The van der Waals surface area contributed by atoms with Crippen LogP contribution in [0.2, 0.25) is 0 Å². The highest BCUT2D eigenvalue weighted by Gasteiger charge is 2.02. The van der Waals surface area contributed by atoms with Gasteiger partial charge < -0.3 is 5.73 Å². The molecule has 0 atom stereocenters. The van der Waals surface area contributed by atoms with E-state index in [1.54, 1.807) is 0 Å². The maximum atomic E-state index is 5.65. The Morgan fingerprint density at radius 2 is 2.23 bits per heavy atom. The van der Waals surface area contributed by atoms with Gasteiger partial charge in [0.05, 0.1) is 11.7 Å². The summed E-state index contributed by atoms with van der Waals surface area (Å²) < 4.78 is 0. The Morgan fingerprint density at radius 1 is 1.38 bits per heavy atom. The molecule has 1 heterocycles. The van der Waals surface area contributed by atoms with Crippen molar-refractivity contribution in [1.29, 1.82) is 0 Å². The molecule has 3 heteroatoms. The molecule has 1 aromatic carbocycles. The van der Waals surface area contributed by atoms with Crippen molar-refractivity contribution in [3.8, 4) is 0 Å². The number of nitrogens with zero attached hydrogens (tertiary/aromatic N) is 1. The molecule has 0 unspecified atom stereocenters. The Kier molecular flexibility index (Phi) is 2.02. The van der Waals surface area contributed by atoms with Crippen molar-refractivity contribution in [3.63, 3.8) is 0 Å². The maximum Gasteiger partial charge on any atom is 0.0653 e. The van der Waals surface area contributed by atoms with Crippen molar-refractivity contribution in [2.75, 3.05) is 0 Å². The minimum Gasteiger partial charge on any atom is -0.326 e. The Morgan fingerprint density at radius 3 is 2.92 bits per heavy atom. The number of aromatic amines is 1. The molecule has 0 saturated heterocycles. The van der Waals surface area contributed by atoms with Crippen LogP contribution >= 0.6 is 0 Å². The van der Waals surface area contributed by atoms with Gasteiger partial charge in [-0.15, -0.1) is 0 Å². The van der Waals surface area contributed by atoms with Crippen LogP contribution < -0.4 is 5.73 Å². The smallest absolute Gasteiger partial charge is 0.0653 e. The molecule has 2 aromatic rings. The van der Waals surface area contributed by atoms with Crippen molar-refractivity contribution in [1.82, 2.24) is 10.2 Å². The predicted molar refractivity (Wildman–Crippen MR) is 53.4 cm³/mol. The first kappa shape index (κ1) is 8.26. The Bertz CT molecular complexity index is 379. The monoisotopic (exact) mass is 175 g/mol. The molecule has 0 fully saturated rings. The minimum absolute atomic E-state index is 0.595. The third-order valence-electron chi connectivity index (χ3n) is 2.36. The molecule has 0 saturated carbocycles. The molecule has 2 rings (SSSR count). The van der Waals surface area contributed by atoms with Gasteiger partial charge in [0.1, 0.15) is 0 Å². The lowest BCUT2D eigenvalue weighted by molar-refractivity contribution is 1.01. The van der Waals surface area contributed by atoms with Crippen molar-refractivity contribution in [3.05, 3.63) is 29.5 Å². The van der Waals surface area contributed by atoms with Gasteiger partial charge in [0.15, 0.2) is 0 Å². The SMILES string of the molecule is CCc1cc2cn[nH]c2cc1CN. The van der Waals surface area contributed by atoms with Crippen LogP contribution in [-0.4, -0.2) is 10.2 Å². The van der Waals surface area contributed by atoms with E-state index in [0.29, 0.717) is 6.54 Å². The average molecular weight is 175 g/mol. The summed E-state index contributed by atoms with van der Waals surface area (Å²) in [5, 5.41) is 8.09. The van der Waals surface area contributed by atoms with Crippen molar-refractivity contribution in [2.45, 2.75) is 19.9 Å². The van der Waals surface area contributed by atoms with E-state index in [4.69, 9.17) is 5.73 Å². The normalized spacial score (nSPS) is 10.9. The van der Waals surface area contributed by atoms with Gasteiger partial charge in [0.25, 0.3) is 0 Å². The highest BCUT2D eigenvalue weighted by molar-refractivity contribution is 5.79. The highest BCUT2D eigenvalue weighted by Crippen LogP contribution is 2.18. The van der Waals surface area contributed by atoms with Gasteiger partial charge in [0, 0.05) is 11.9 Å². The van der Waals surface area contributed by atoms with E-state index in [0.717, 1.165) is 17.3 Å². The molecule has 0 aliphatic rings. The second-order valence-electron chi connectivity index (χ2n) is 3.14. The van der Waals surface area contributed by atoms with Crippen LogP contribution in [-0.2, 0) is 13.0 Å². The zero-order chi connectivity index (χ0) is 9.26. The fraction of sp³-hybridized carbons (Fsp3) is 0.300. The summed E-state index contributed by atoms with van der Waals surface area (Å²) in [6, 6.07) is 4.24. The lowest BCUT2D eigenvalue weighted by Crippen LogP contribution is -2.00. The van der Waals surface area contributed by atoms with E-state index in [1.807, 2.05) is 6.20 Å². The topological polar surface area (TPSA) is 54.7 Å². The Labute approximate surface area is 76.9 Å². The van der Waals surface area contributed by atoms with Crippen LogP contribution in [0, 0.1) is 0 Å². The van der Waals surface area contributed by atoms with Gasteiger partial charge >= 0.3 is 0 Å². The van der Waals surface area contributed by atoms with Gasteiger partial charge in [0.2, 0.25) is 0 Å². The molecular weight excluding hydrogens is 162 g/mol. The summed E-state index contributed by atoms with van der Waals surface area (Å²) in [6.07, 6.45) is 2.86. The molecular formula is C10H13N3. The molecule has 0 aliphatic carbocycles. The number of fused-ring (bicyclic) bond motifs is 1. The second-order valence-corrected chi connectivity index (χ2v) is 3.14. The molecule has 0 aliphatic heterocycles. The fourth-order valence-corrected chi connectivity index (χ4v) is 1.60. The van der Waals surface area contributed by atoms with Gasteiger partial charge in [-0.2, -0.15) is 5.10 Å². The molecule has 68 valence electrons. The third-order valence-corrected chi connectivity index (χ3v) is 2.36. The maximum absolute atomic E-state index is 5.65. The quantitative estimate of drug-likeness (QED) is 0.728. The number of nitrogens with two attached hydrogens (primary N) is 1. The molecule has 13 heavy (non-hydrogen) atoms. The lowest BCUT2D eigenvalue weighted by Gasteiger charge is -2.04.